The van der Waals surface area contributed by atoms with Crippen LogP contribution in [0, 0.1) is 17.7 Å². The molecule has 2 N–H and O–H groups in total. The molecular formula is C6H4F3N3O. The van der Waals surface area contributed by atoms with E-state index in [-0.39, 0.29) is 0 Å². The van der Waals surface area contributed by atoms with Gasteiger partial charge in [0.15, 0.2) is 0 Å². The van der Waals surface area contributed by atoms with Crippen LogP contribution in [0.2, 0.25) is 0 Å². The van der Waals surface area contributed by atoms with Gasteiger partial charge in [-0.3, -0.25) is 4.79 Å². The number of aromatic nitrogens is 2. The Kier molecular flexibility index (Phi) is 2.45. The van der Waals surface area contributed by atoms with Crippen molar-refractivity contribution in [1.29, 1.82) is 0 Å². The van der Waals surface area contributed by atoms with Crippen molar-refractivity contribution in [1.82, 2.24) is 9.97 Å². The van der Waals surface area contributed by atoms with Crippen molar-refractivity contribution in [2.75, 3.05) is 0 Å². The highest BCUT2D eigenvalue weighted by atomic mass is 19.2. The molecule has 0 aliphatic carbocycles. The predicted molar refractivity (Wildman–Crippen MR) is 34.8 cm³/mol. The molecule has 0 radical (unpaired) electrons. The Balaban J connectivity index is 3.06. The van der Waals surface area contributed by atoms with Gasteiger partial charge in [0, 0.05) is 0 Å². The maximum absolute atomic E-state index is 12.4. The van der Waals surface area contributed by atoms with Crippen molar-refractivity contribution in [3.8, 4) is 0 Å². The standard InChI is InChI=1S/C6H4F3N3O/c7-4-5(8)11-3(1-2(10)13)12-6(4)9/h1H2,(H2,10,13). The number of primary amides is 1. The zero-order valence-corrected chi connectivity index (χ0v) is 6.22. The smallest absolute Gasteiger partial charge is 0.255 e. The molecule has 0 bridgehead atoms. The van der Waals surface area contributed by atoms with Gasteiger partial charge in [-0.2, -0.15) is 13.2 Å². The Labute approximate surface area is 70.6 Å². The van der Waals surface area contributed by atoms with Gasteiger partial charge in [-0.05, 0) is 0 Å². The molecule has 0 aromatic carbocycles. The van der Waals surface area contributed by atoms with Crippen molar-refractivity contribution < 1.29 is 18.0 Å². The molecule has 7 heteroatoms. The number of carbonyl (C=O) groups is 1. The van der Waals surface area contributed by atoms with Gasteiger partial charge < -0.3 is 5.73 Å². The Bertz CT molecular complexity index is 332. The van der Waals surface area contributed by atoms with Crippen molar-refractivity contribution in [2.45, 2.75) is 6.42 Å². The lowest BCUT2D eigenvalue weighted by Crippen LogP contribution is -2.17. The van der Waals surface area contributed by atoms with Gasteiger partial charge in [-0.25, -0.2) is 9.97 Å². The number of hydrogen-bond acceptors (Lipinski definition) is 3. The summed E-state index contributed by atoms with van der Waals surface area (Å²) in [5.74, 6) is -6.38. The molecular weight excluding hydrogens is 187 g/mol. The van der Waals surface area contributed by atoms with E-state index in [1.807, 2.05) is 0 Å². The average Bonchev–Trinajstić information content (AvgIpc) is 1.98. The van der Waals surface area contributed by atoms with E-state index >= 15 is 0 Å². The van der Waals surface area contributed by atoms with Gasteiger partial charge in [-0.1, -0.05) is 0 Å². The summed E-state index contributed by atoms with van der Waals surface area (Å²) in [7, 11) is 0. The molecule has 0 fully saturated rings. The van der Waals surface area contributed by atoms with E-state index in [4.69, 9.17) is 5.73 Å². The third-order valence-electron chi connectivity index (χ3n) is 1.15. The third kappa shape index (κ3) is 2.14. The molecule has 1 heterocycles. The molecule has 1 amide bonds. The van der Waals surface area contributed by atoms with Gasteiger partial charge in [0.25, 0.3) is 11.9 Å². The summed E-state index contributed by atoms with van der Waals surface area (Å²) in [4.78, 5) is 16.0. The number of halogens is 3. The highest BCUT2D eigenvalue weighted by Gasteiger charge is 2.14. The fourth-order valence-electron chi connectivity index (χ4n) is 0.670. The summed E-state index contributed by atoms with van der Waals surface area (Å²) in [5, 5.41) is 0. The van der Waals surface area contributed by atoms with Crippen LogP contribution in [0.5, 0.6) is 0 Å². The number of rotatable bonds is 2. The number of nitrogens with zero attached hydrogens (tertiary/aromatic N) is 2. The third-order valence-corrected chi connectivity index (χ3v) is 1.15. The SMILES string of the molecule is NC(=O)Cc1nc(F)c(F)c(F)n1. The highest BCUT2D eigenvalue weighted by Crippen LogP contribution is 2.06. The first kappa shape index (κ1) is 9.43. The molecule has 13 heavy (non-hydrogen) atoms. The number of nitrogens with two attached hydrogens (primary N) is 1. The van der Waals surface area contributed by atoms with E-state index in [9.17, 15) is 18.0 Å². The second kappa shape index (κ2) is 3.38. The van der Waals surface area contributed by atoms with Crippen LogP contribution in [0.3, 0.4) is 0 Å². The van der Waals surface area contributed by atoms with Crippen LogP contribution in [0.15, 0.2) is 0 Å². The molecule has 0 unspecified atom stereocenters. The number of amides is 1. The van der Waals surface area contributed by atoms with E-state index < -0.39 is 35.9 Å². The van der Waals surface area contributed by atoms with Crippen molar-refractivity contribution >= 4 is 5.91 Å². The van der Waals surface area contributed by atoms with Gasteiger partial charge >= 0.3 is 0 Å². The monoisotopic (exact) mass is 191 g/mol. The second-order valence-electron chi connectivity index (χ2n) is 2.18. The maximum atomic E-state index is 12.4. The van der Waals surface area contributed by atoms with Gasteiger partial charge in [-0.15, -0.1) is 0 Å². The first-order valence-corrected chi connectivity index (χ1v) is 3.16. The summed E-state index contributed by atoms with van der Waals surface area (Å²) in [6.07, 6.45) is -0.534. The van der Waals surface area contributed by atoms with Crippen LogP contribution in [0.4, 0.5) is 13.2 Å². The fraction of sp³-hybridized carbons (Fsp3) is 0.167. The topological polar surface area (TPSA) is 68.9 Å². The molecule has 1 aromatic rings. The van der Waals surface area contributed by atoms with Crippen molar-refractivity contribution in [3.63, 3.8) is 0 Å². The van der Waals surface area contributed by atoms with E-state index in [1.165, 1.54) is 0 Å². The van der Waals surface area contributed by atoms with Crippen LogP contribution >= 0.6 is 0 Å². The van der Waals surface area contributed by atoms with E-state index in [1.54, 1.807) is 0 Å². The summed E-state index contributed by atoms with van der Waals surface area (Å²) in [6, 6.07) is 0. The minimum absolute atomic E-state index is 0.482. The largest absolute Gasteiger partial charge is 0.369 e. The Morgan fingerprint density at radius 1 is 1.23 bits per heavy atom. The van der Waals surface area contributed by atoms with Crippen molar-refractivity contribution in [3.05, 3.63) is 23.5 Å². The van der Waals surface area contributed by atoms with Crippen LogP contribution in [-0.4, -0.2) is 15.9 Å². The van der Waals surface area contributed by atoms with E-state index in [0.29, 0.717) is 0 Å². The van der Waals surface area contributed by atoms with Gasteiger partial charge in [0.2, 0.25) is 11.7 Å². The first-order valence-electron chi connectivity index (χ1n) is 3.16. The van der Waals surface area contributed by atoms with Crippen LogP contribution in [-0.2, 0) is 11.2 Å². The van der Waals surface area contributed by atoms with Crippen LogP contribution in [0.1, 0.15) is 5.82 Å². The van der Waals surface area contributed by atoms with Gasteiger partial charge in [0.1, 0.15) is 5.82 Å². The molecule has 0 spiro atoms. The summed E-state index contributed by atoms with van der Waals surface area (Å²) in [5.41, 5.74) is 4.71. The predicted octanol–water partition coefficient (Wildman–Crippen LogP) is -0.0783. The van der Waals surface area contributed by atoms with Crippen LogP contribution < -0.4 is 5.73 Å². The molecule has 0 saturated carbocycles. The summed E-state index contributed by atoms with van der Waals surface area (Å²) < 4.78 is 37.0. The zero-order chi connectivity index (χ0) is 10.0. The first-order chi connectivity index (χ1) is 6.00. The molecule has 0 aliphatic rings. The van der Waals surface area contributed by atoms with E-state index in [2.05, 4.69) is 9.97 Å². The fourth-order valence-corrected chi connectivity index (χ4v) is 0.670. The number of hydrogen-bond donors (Lipinski definition) is 1. The second-order valence-corrected chi connectivity index (χ2v) is 2.18. The molecule has 0 atom stereocenters. The molecule has 0 saturated heterocycles. The minimum atomic E-state index is -1.77. The molecule has 1 aromatic heterocycles. The lowest BCUT2D eigenvalue weighted by atomic mass is 10.4. The molecule has 4 nitrogen and oxygen atoms in total. The minimum Gasteiger partial charge on any atom is -0.369 e. The quantitative estimate of drug-likeness (QED) is 0.665. The number of carbonyl (C=O) groups excluding carboxylic acids is 1. The highest BCUT2D eigenvalue weighted by molar-refractivity contribution is 5.75. The summed E-state index contributed by atoms with van der Waals surface area (Å²) >= 11 is 0. The van der Waals surface area contributed by atoms with Crippen molar-refractivity contribution in [2.24, 2.45) is 5.73 Å². The molecule has 70 valence electrons. The molecule has 1 rings (SSSR count). The summed E-state index contributed by atoms with van der Waals surface area (Å²) in [6.45, 7) is 0. The zero-order valence-electron chi connectivity index (χ0n) is 6.22. The lowest BCUT2D eigenvalue weighted by molar-refractivity contribution is -0.117. The van der Waals surface area contributed by atoms with Gasteiger partial charge in [0.05, 0.1) is 6.42 Å². The molecule has 0 aliphatic heterocycles. The Morgan fingerprint density at radius 3 is 2.08 bits per heavy atom. The van der Waals surface area contributed by atoms with E-state index in [0.717, 1.165) is 0 Å². The van der Waals surface area contributed by atoms with Crippen LogP contribution in [0.25, 0.3) is 0 Å². The Hall–Kier alpha value is -1.66. The Morgan fingerprint density at radius 2 is 1.69 bits per heavy atom. The normalized spacial score (nSPS) is 10.1. The average molecular weight is 191 g/mol. The lowest BCUT2D eigenvalue weighted by Gasteiger charge is -1.97. The maximum Gasteiger partial charge on any atom is 0.255 e.